The molecule has 104 valence electrons. The van der Waals surface area contributed by atoms with E-state index in [1.54, 1.807) is 6.92 Å². The van der Waals surface area contributed by atoms with Crippen molar-refractivity contribution in [3.05, 3.63) is 0 Å². The van der Waals surface area contributed by atoms with Crippen molar-refractivity contribution in [2.45, 2.75) is 90.6 Å². The number of hydrogen-bond donors (Lipinski definition) is 1. The predicted molar refractivity (Wildman–Crippen MR) is 77.7 cm³/mol. The molecular weight excluding hydrogens is 228 g/mol. The van der Waals surface area contributed by atoms with Gasteiger partial charge in [0.25, 0.3) is 0 Å². The lowest BCUT2D eigenvalue weighted by Gasteiger charge is -2.33. The molecule has 0 bridgehead atoms. The Bertz CT molecular complexity index is 150. The maximum absolute atomic E-state index is 9.60. The Kier molecular flexibility index (Phi) is 10.2. The van der Waals surface area contributed by atoms with Crippen molar-refractivity contribution in [3.8, 4) is 0 Å². The number of aliphatic hydroxyl groups excluding tert-OH is 1. The van der Waals surface area contributed by atoms with Gasteiger partial charge >= 0.3 is 0 Å². The first-order valence-electron chi connectivity index (χ1n) is 7.46. The zero-order valence-electron chi connectivity index (χ0n) is 12.3. The molecule has 0 saturated heterocycles. The molecule has 1 N–H and O–H groups in total. The van der Waals surface area contributed by atoms with Crippen molar-refractivity contribution >= 4 is 8.32 Å². The zero-order chi connectivity index (χ0) is 13.1. The molecule has 0 heterocycles. The van der Waals surface area contributed by atoms with Gasteiger partial charge in [0, 0.05) is 0 Å². The van der Waals surface area contributed by atoms with Crippen LogP contribution in [0.1, 0.15) is 66.2 Å². The summed E-state index contributed by atoms with van der Waals surface area (Å²) in [5, 5.41) is 9.60. The van der Waals surface area contributed by atoms with E-state index in [2.05, 4.69) is 20.8 Å². The largest absolute Gasteiger partial charge is 0.393 e. The van der Waals surface area contributed by atoms with Crippen LogP contribution in [-0.4, -0.2) is 19.7 Å². The van der Waals surface area contributed by atoms with Gasteiger partial charge in [0.2, 0.25) is 0 Å². The zero-order valence-corrected chi connectivity index (χ0v) is 13.3. The van der Waals surface area contributed by atoms with Crippen molar-refractivity contribution in [2.24, 2.45) is 0 Å². The Labute approximate surface area is 109 Å². The molecule has 0 radical (unpaired) electrons. The Hall–Kier alpha value is 0.137. The molecule has 0 aromatic heterocycles. The Morgan fingerprint density at radius 3 is 1.47 bits per heavy atom. The second-order valence-electron chi connectivity index (χ2n) is 5.21. The van der Waals surface area contributed by atoms with Gasteiger partial charge < -0.3 is 9.53 Å². The summed E-state index contributed by atoms with van der Waals surface area (Å²) in [5.41, 5.74) is 0. The van der Waals surface area contributed by atoms with Gasteiger partial charge in [-0.2, -0.15) is 0 Å². The summed E-state index contributed by atoms with van der Waals surface area (Å²) >= 11 is 0. The van der Waals surface area contributed by atoms with Gasteiger partial charge in [0.05, 0.1) is 0 Å². The molecule has 17 heavy (non-hydrogen) atoms. The maximum atomic E-state index is 9.60. The molecule has 0 aliphatic carbocycles. The third-order valence-electron chi connectivity index (χ3n) is 3.38. The minimum Gasteiger partial charge on any atom is -0.393 e. The van der Waals surface area contributed by atoms with Gasteiger partial charge in [0.1, 0.15) is 6.29 Å². The Balaban J connectivity index is 4.51. The standard InChI is InChI=1S/C14H32O2Si/c1-5-8-11-17(12-9-6-2,13-10-7-3)16-14(4)15/h14-15H,5-13H2,1-4H3. The van der Waals surface area contributed by atoms with Crippen LogP contribution in [0.3, 0.4) is 0 Å². The third kappa shape index (κ3) is 7.95. The van der Waals surface area contributed by atoms with Gasteiger partial charge in [-0.25, -0.2) is 0 Å². The van der Waals surface area contributed by atoms with Gasteiger partial charge in [-0.1, -0.05) is 59.3 Å². The Morgan fingerprint density at radius 1 is 0.882 bits per heavy atom. The van der Waals surface area contributed by atoms with Crippen LogP contribution in [0.5, 0.6) is 0 Å². The van der Waals surface area contributed by atoms with Crippen LogP contribution in [0, 0.1) is 0 Å². The van der Waals surface area contributed by atoms with Crippen LogP contribution in [0.4, 0.5) is 0 Å². The molecule has 3 heteroatoms. The van der Waals surface area contributed by atoms with Crippen LogP contribution in [0.2, 0.25) is 18.1 Å². The average Bonchev–Trinajstić information content (AvgIpc) is 2.30. The maximum Gasteiger partial charge on any atom is 0.196 e. The van der Waals surface area contributed by atoms with Crippen LogP contribution < -0.4 is 0 Å². The molecule has 0 rings (SSSR count). The second kappa shape index (κ2) is 10.1. The Morgan fingerprint density at radius 2 is 1.24 bits per heavy atom. The molecule has 0 saturated carbocycles. The molecule has 0 fully saturated rings. The van der Waals surface area contributed by atoms with E-state index < -0.39 is 14.6 Å². The average molecular weight is 260 g/mol. The molecule has 0 aliphatic rings. The number of unbranched alkanes of at least 4 members (excludes halogenated alkanes) is 3. The molecule has 0 spiro atoms. The van der Waals surface area contributed by atoms with E-state index in [1.165, 1.54) is 56.7 Å². The molecule has 1 unspecified atom stereocenters. The summed E-state index contributed by atoms with van der Waals surface area (Å²) in [4.78, 5) is 0. The molecule has 0 amide bonds. The second-order valence-corrected chi connectivity index (χ2v) is 9.31. The minimum absolute atomic E-state index is 0.577. The van der Waals surface area contributed by atoms with Crippen LogP contribution >= 0.6 is 0 Å². The molecule has 0 aromatic carbocycles. The van der Waals surface area contributed by atoms with E-state index in [-0.39, 0.29) is 0 Å². The van der Waals surface area contributed by atoms with Gasteiger partial charge in [-0.3, -0.25) is 0 Å². The highest BCUT2D eigenvalue weighted by atomic mass is 28.4. The van der Waals surface area contributed by atoms with Gasteiger partial charge in [-0.05, 0) is 25.1 Å². The fourth-order valence-electron chi connectivity index (χ4n) is 2.41. The van der Waals surface area contributed by atoms with E-state index in [9.17, 15) is 5.11 Å². The van der Waals surface area contributed by atoms with E-state index in [0.29, 0.717) is 0 Å². The lowest BCUT2D eigenvalue weighted by atomic mass is 10.4. The highest BCUT2D eigenvalue weighted by molar-refractivity contribution is 6.73. The smallest absolute Gasteiger partial charge is 0.196 e. The fraction of sp³-hybridized carbons (Fsp3) is 1.00. The van der Waals surface area contributed by atoms with Crippen LogP contribution in [0.25, 0.3) is 0 Å². The summed E-state index contributed by atoms with van der Waals surface area (Å²) in [5.74, 6) is 0. The molecule has 0 aliphatic heterocycles. The van der Waals surface area contributed by atoms with Crippen molar-refractivity contribution in [1.82, 2.24) is 0 Å². The first kappa shape index (κ1) is 17.1. The van der Waals surface area contributed by atoms with Crippen molar-refractivity contribution < 1.29 is 9.53 Å². The highest BCUT2D eigenvalue weighted by Crippen LogP contribution is 2.30. The number of hydrogen-bond acceptors (Lipinski definition) is 2. The monoisotopic (exact) mass is 260 g/mol. The highest BCUT2D eigenvalue weighted by Gasteiger charge is 2.34. The quantitative estimate of drug-likeness (QED) is 0.431. The van der Waals surface area contributed by atoms with Gasteiger partial charge in [-0.15, -0.1) is 0 Å². The van der Waals surface area contributed by atoms with Crippen LogP contribution in [0.15, 0.2) is 0 Å². The summed E-state index contributed by atoms with van der Waals surface area (Å²) in [6.45, 7) is 8.48. The van der Waals surface area contributed by atoms with E-state index in [0.717, 1.165) is 0 Å². The van der Waals surface area contributed by atoms with E-state index in [1.807, 2.05) is 0 Å². The third-order valence-corrected chi connectivity index (χ3v) is 8.01. The molecule has 2 nitrogen and oxygen atoms in total. The van der Waals surface area contributed by atoms with Gasteiger partial charge in [0.15, 0.2) is 8.32 Å². The SMILES string of the molecule is CCCC[Si](CCCC)(CCCC)OC(C)O. The number of aliphatic hydroxyl groups is 1. The summed E-state index contributed by atoms with van der Waals surface area (Å²) in [7, 11) is -1.67. The van der Waals surface area contributed by atoms with Crippen LogP contribution in [-0.2, 0) is 4.43 Å². The number of rotatable bonds is 11. The van der Waals surface area contributed by atoms with Crippen molar-refractivity contribution in [2.75, 3.05) is 0 Å². The lowest BCUT2D eigenvalue weighted by molar-refractivity contribution is -0.0107. The molecule has 1 atom stereocenters. The molecule has 0 aromatic rings. The lowest BCUT2D eigenvalue weighted by Crippen LogP contribution is -2.41. The van der Waals surface area contributed by atoms with E-state index >= 15 is 0 Å². The first-order valence-corrected chi connectivity index (χ1v) is 9.99. The normalized spacial score (nSPS) is 13.9. The fourth-order valence-corrected chi connectivity index (χ4v) is 7.23. The summed E-state index contributed by atoms with van der Waals surface area (Å²) < 4.78 is 6.04. The minimum atomic E-state index is -1.67. The van der Waals surface area contributed by atoms with Crippen molar-refractivity contribution in [3.63, 3.8) is 0 Å². The predicted octanol–water partition coefficient (Wildman–Crippen LogP) is 4.69. The van der Waals surface area contributed by atoms with E-state index in [4.69, 9.17) is 4.43 Å². The summed E-state index contributed by atoms with van der Waals surface area (Å²) in [6, 6.07) is 3.69. The molecular formula is C14H32O2Si. The topological polar surface area (TPSA) is 29.5 Å². The summed E-state index contributed by atoms with van der Waals surface area (Å²) in [6.07, 6.45) is 6.89. The van der Waals surface area contributed by atoms with Crippen molar-refractivity contribution in [1.29, 1.82) is 0 Å². The first-order chi connectivity index (χ1) is 8.10.